The third-order valence-electron chi connectivity index (χ3n) is 5.44. The van der Waals surface area contributed by atoms with Crippen LogP contribution in [0, 0.1) is 0 Å². The monoisotopic (exact) mass is 411 g/mol. The lowest BCUT2D eigenvalue weighted by molar-refractivity contribution is -0.134. The molecule has 2 aliphatic rings. The minimum absolute atomic E-state index is 0.155. The van der Waals surface area contributed by atoms with Gasteiger partial charge in [-0.05, 0) is 57.6 Å². The Morgan fingerprint density at radius 2 is 1.93 bits per heavy atom. The van der Waals surface area contributed by atoms with Crippen LogP contribution in [0.15, 0.2) is 28.3 Å². The molecule has 0 saturated carbocycles. The average Bonchev–Trinajstić information content (AvgIpc) is 3.23. The van der Waals surface area contributed by atoms with Crippen molar-refractivity contribution in [1.82, 2.24) is 14.2 Å². The van der Waals surface area contributed by atoms with Gasteiger partial charge in [0.1, 0.15) is 4.90 Å². The predicted molar refractivity (Wildman–Crippen MR) is 107 cm³/mol. The van der Waals surface area contributed by atoms with Gasteiger partial charge >= 0.3 is 0 Å². The highest BCUT2D eigenvalue weighted by atomic mass is 32.2. The molecule has 2 unspecified atom stereocenters. The van der Waals surface area contributed by atoms with Crippen molar-refractivity contribution in [3.63, 3.8) is 0 Å². The SMILES string of the molecule is CCC1CCCCN1C(=O)C(C)Sc1ccc(S(=O)(=O)N2CCCC2)cn1. The molecule has 2 atom stereocenters. The standard InChI is InChI=1S/C19H29N3O3S2/c1-3-16-8-4-5-13-22(16)19(23)15(2)26-18-10-9-17(14-20-18)27(24,25)21-11-6-7-12-21/h9-10,14-16H,3-8,11-13H2,1-2H3. The van der Waals surface area contributed by atoms with Crippen LogP contribution in [0.25, 0.3) is 0 Å². The lowest BCUT2D eigenvalue weighted by Gasteiger charge is -2.36. The van der Waals surface area contributed by atoms with Gasteiger partial charge in [0.25, 0.3) is 0 Å². The van der Waals surface area contributed by atoms with E-state index in [-0.39, 0.29) is 16.1 Å². The third kappa shape index (κ3) is 4.66. The van der Waals surface area contributed by atoms with E-state index in [1.807, 2.05) is 11.8 Å². The van der Waals surface area contributed by atoms with Gasteiger partial charge in [0, 0.05) is 31.9 Å². The zero-order chi connectivity index (χ0) is 19.4. The summed E-state index contributed by atoms with van der Waals surface area (Å²) < 4.78 is 26.7. The molecule has 0 N–H and O–H groups in total. The number of rotatable bonds is 6. The molecule has 0 aromatic carbocycles. The summed E-state index contributed by atoms with van der Waals surface area (Å²) in [4.78, 5) is 19.4. The number of nitrogens with zero attached hydrogens (tertiary/aromatic N) is 3. The molecule has 0 bridgehead atoms. The topological polar surface area (TPSA) is 70.6 Å². The Hall–Kier alpha value is -1.12. The highest BCUT2D eigenvalue weighted by Crippen LogP contribution is 2.28. The zero-order valence-electron chi connectivity index (χ0n) is 16.1. The first-order valence-corrected chi connectivity index (χ1v) is 12.2. The fourth-order valence-electron chi connectivity index (χ4n) is 3.85. The second kappa shape index (κ2) is 8.92. The van der Waals surface area contributed by atoms with Gasteiger partial charge in [-0.3, -0.25) is 4.79 Å². The van der Waals surface area contributed by atoms with E-state index >= 15 is 0 Å². The van der Waals surface area contributed by atoms with Crippen LogP contribution < -0.4 is 0 Å². The molecule has 0 aliphatic carbocycles. The van der Waals surface area contributed by atoms with Crippen molar-refractivity contribution < 1.29 is 13.2 Å². The van der Waals surface area contributed by atoms with Crippen molar-refractivity contribution in [3.05, 3.63) is 18.3 Å². The lowest BCUT2D eigenvalue weighted by Crippen LogP contribution is -2.46. The molecule has 3 rings (SSSR count). The fourth-order valence-corrected chi connectivity index (χ4v) is 6.17. The molecule has 0 radical (unpaired) electrons. The summed E-state index contributed by atoms with van der Waals surface area (Å²) >= 11 is 1.40. The molecular weight excluding hydrogens is 382 g/mol. The number of piperidine rings is 1. The van der Waals surface area contributed by atoms with Crippen molar-refractivity contribution in [1.29, 1.82) is 0 Å². The molecular formula is C19H29N3O3S2. The van der Waals surface area contributed by atoms with Crippen molar-refractivity contribution in [2.75, 3.05) is 19.6 Å². The Bertz CT molecular complexity index is 746. The van der Waals surface area contributed by atoms with Crippen molar-refractivity contribution >= 4 is 27.7 Å². The second-order valence-electron chi connectivity index (χ2n) is 7.29. The van der Waals surface area contributed by atoms with Crippen LogP contribution in [0.3, 0.4) is 0 Å². The number of amides is 1. The van der Waals surface area contributed by atoms with Crippen LogP contribution in [0.4, 0.5) is 0 Å². The summed E-state index contributed by atoms with van der Waals surface area (Å²) in [6.45, 7) is 6.04. The molecule has 2 fully saturated rings. The van der Waals surface area contributed by atoms with Gasteiger partial charge in [0.2, 0.25) is 15.9 Å². The third-order valence-corrected chi connectivity index (χ3v) is 8.36. The van der Waals surface area contributed by atoms with Gasteiger partial charge in [-0.25, -0.2) is 13.4 Å². The normalized spacial score (nSPS) is 22.7. The number of carbonyl (C=O) groups excluding carboxylic acids is 1. The Balaban J connectivity index is 1.64. The molecule has 1 aromatic rings. The first kappa shape index (κ1) is 20.6. The summed E-state index contributed by atoms with van der Waals surface area (Å²) in [6.07, 6.45) is 7.58. The molecule has 1 aromatic heterocycles. The van der Waals surface area contributed by atoms with E-state index in [2.05, 4.69) is 11.9 Å². The zero-order valence-corrected chi connectivity index (χ0v) is 17.8. The van der Waals surface area contributed by atoms with Crippen LogP contribution in [-0.4, -0.2) is 59.4 Å². The number of likely N-dealkylation sites (tertiary alicyclic amines) is 1. The number of hydrogen-bond acceptors (Lipinski definition) is 5. The van der Waals surface area contributed by atoms with Crippen LogP contribution in [0.2, 0.25) is 0 Å². The Kier molecular flexibility index (Phi) is 6.81. The van der Waals surface area contributed by atoms with E-state index in [1.165, 1.54) is 28.7 Å². The molecule has 27 heavy (non-hydrogen) atoms. The average molecular weight is 412 g/mol. The maximum Gasteiger partial charge on any atom is 0.244 e. The quantitative estimate of drug-likeness (QED) is 0.673. The molecule has 0 spiro atoms. The van der Waals surface area contributed by atoms with Gasteiger partial charge in [-0.2, -0.15) is 4.31 Å². The number of hydrogen-bond donors (Lipinski definition) is 0. The van der Waals surface area contributed by atoms with Gasteiger partial charge in [0.05, 0.1) is 10.3 Å². The number of thioether (sulfide) groups is 1. The van der Waals surface area contributed by atoms with E-state index < -0.39 is 10.0 Å². The van der Waals surface area contributed by atoms with E-state index in [0.29, 0.717) is 24.2 Å². The van der Waals surface area contributed by atoms with Crippen LogP contribution in [0.5, 0.6) is 0 Å². The fraction of sp³-hybridized carbons (Fsp3) is 0.684. The maximum absolute atomic E-state index is 12.8. The molecule has 2 saturated heterocycles. The van der Waals surface area contributed by atoms with Crippen molar-refractivity contribution in [3.8, 4) is 0 Å². The highest BCUT2D eigenvalue weighted by Gasteiger charge is 2.30. The van der Waals surface area contributed by atoms with Gasteiger partial charge in [-0.15, -0.1) is 0 Å². The van der Waals surface area contributed by atoms with Gasteiger partial charge in [-0.1, -0.05) is 18.7 Å². The van der Waals surface area contributed by atoms with Gasteiger partial charge < -0.3 is 4.90 Å². The van der Waals surface area contributed by atoms with Crippen molar-refractivity contribution in [2.24, 2.45) is 0 Å². The minimum Gasteiger partial charge on any atom is -0.339 e. The number of pyridine rings is 1. The molecule has 1 amide bonds. The number of aromatic nitrogens is 1. The Morgan fingerprint density at radius 3 is 2.56 bits per heavy atom. The van der Waals surface area contributed by atoms with Gasteiger partial charge in [0.15, 0.2) is 0 Å². The molecule has 8 heteroatoms. The Morgan fingerprint density at radius 1 is 1.22 bits per heavy atom. The molecule has 150 valence electrons. The van der Waals surface area contributed by atoms with E-state index in [4.69, 9.17) is 0 Å². The lowest BCUT2D eigenvalue weighted by atomic mass is 10.00. The molecule has 2 aliphatic heterocycles. The van der Waals surface area contributed by atoms with E-state index in [0.717, 1.165) is 38.6 Å². The Labute approximate surface area is 166 Å². The molecule has 6 nitrogen and oxygen atoms in total. The molecule has 3 heterocycles. The first-order valence-electron chi connectivity index (χ1n) is 9.87. The summed E-state index contributed by atoms with van der Waals surface area (Å²) in [5, 5.41) is 0.451. The van der Waals surface area contributed by atoms with Crippen LogP contribution in [-0.2, 0) is 14.8 Å². The van der Waals surface area contributed by atoms with Crippen molar-refractivity contribution in [2.45, 2.75) is 73.6 Å². The van der Waals surface area contributed by atoms with Crippen LogP contribution in [0.1, 0.15) is 52.4 Å². The number of carbonyl (C=O) groups is 1. The summed E-state index contributed by atoms with van der Waals surface area (Å²) in [6, 6.07) is 3.66. The van der Waals surface area contributed by atoms with E-state index in [1.54, 1.807) is 12.1 Å². The smallest absolute Gasteiger partial charge is 0.244 e. The number of sulfonamides is 1. The summed E-state index contributed by atoms with van der Waals surface area (Å²) in [5.41, 5.74) is 0. The largest absolute Gasteiger partial charge is 0.339 e. The first-order chi connectivity index (χ1) is 12.9. The summed E-state index contributed by atoms with van der Waals surface area (Å²) in [5.74, 6) is 0.155. The minimum atomic E-state index is -3.44. The highest BCUT2D eigenvalue weighted by molar-refractivity contribution is 8.00. The van der Waals surface area contributed by atoms with Crippen LogP contribution >= 0.6 is 11.8 Å². The summed E-state index contributed by atoms with van der Waals surface area (Å²) in [7, 11) is -3.44. The second-order valence-corrected chi connectivity index (χ2v) is 10.6. The van der Waals surface area contributed by atoms with E-state index in [9.17, 15) is 13.2 Å². The predicted octanol–water partition coefficient (Wildman–Crippen LogP) is 3.14. The maximum atomic E-state index is 12.8.